The maximum atomic E-state index is 11.2. The second-order valence-corrected chi connectivity index (χ2v) is 4.87. The molecule has 4 heteroatoms. The maximum absolute atomic E-state index is 11.2. The van der Waals surface area contributed by atoms with Gasteiger partial charge in [0.05, 0.1) is 16.7 Å². The van der Waals surface area contributed by atoms with Crippen molar-refractivity contribution < 1.29 is 9.53 Å². The molecule has 18 heavy (non-hydrogen) atoms. The van der Waals surface area contributed by atoms with Crippen molar-refractivity contribution in [1.82, 2.24) is 0 Å². The van der Waals surface area contributed by atoms with Crippen molar-refractivity contribution in [3.05, 3.63) is 28.8 Å². The molecule has 98 valence electrons. The number of likely N-dealkylation sites (N-methyl/N-ethyl adjacent to an activating group) is 1. The summed E-state index contributed by atoms with van der Waals surface area (Å²) in [5.41, 5.74) is 1.47. The molecule has 1 atom stereocenters. The van der Waals surface area contributed by atoms with E-state index < -0.39 is 0 Å². The minimum absolute atomic E-state index is 0.267. The van der Waals surface area contributed by atoms with E-state index in [1.165, 1.54) is 0 Å². The van der Waals surface area contributed by atoms with E-state index in [-0.39, 0.29) is 6.10 Å². The van der Waals surface area contributed by atoms with Gasteiger partial charge in [0, 0.05) is 25.4 Å². The summed E-state index contributed by atoms with van der Waals surface area (Å²) in [4.78, 5) is 13.3. The number of anilines is 1. The van der Waals surface area contributed by atoms with Gasteiger partial charge in [0.2, 0.25) is 0 Å². The number of ether oxygens (including phenoxy) is 1. The number of carbonyl (C=O) groups is 1. The molecule has 0 saturated carbocycles. The van der Waals surface area contributed by atoms with Crippen LogP contribution in [0.4, 0.5) is 5.69 Å². The molecule has 1 saturated heterocycles. The van der Waals surface area contributed by atoms with Gasteiger partial charge in [0.15, 0.2) is 6.29 Å². The molecule has 1 aromatic rings. The van der Waals surface area contributed by atoms with E-state index in [2.05, 4.69) is 11.8 Å². The minimum Gasteiger partial charge on any atom is -0.376 e. The summed E-state index contributed by atoms with van der Waals surface area (Å²) in [7, 11) is 0. The zero-order valence-electron chi connectivity index (χ0n) is 10.6. The first-order chi connectivity index (χ1) is 8.76. The molecule has 0 amide bonds. The van der Waals surface area contributed by atoms with Crippen molar-refractivity contribution >= 4 is 23.6 Å². The molecule has 0 spiro atoms. The Labute approximate surface area is 113 Å². The third-order valence-corrected chi connectivity index (χ3v) is 3.65. The lowest BCUT2D eigenvalue weighted by Gasteiger charge is -2.27. The van der Waals surface area contributed by atoms with Gasteiger partial charge in [-0.1, -0.05) is 17.7 Å². The van der Waals surface area contributed by atoms with Crippen LogP contribution < -0.4 is 4.90 Å². The Kier molecular flexibility index (Phi) is 4.61. The van der Waals surface area contributed by atoms with E-state index in [9.17, 15) is 4.79 Å². The summed E-state index contributed by atoms with van der Waals surface area (Å²) in [5, 5.41) is 0.508. The number of carbonyl (C=O) groups excluding carboxylic acids is 1. The highest BCUT2D eigenvalue weighted by molar-refractivity contribution is 6.33. The maximum Gasteiger partial charge on any atom is 0.153 e. The smallest absolute Gasteiger partial charge is 0.153 e. The van der Waals surface area contributed by atoms with Crippen LogP contribution in [0.5, 0.6) is 0 Å². The molecule has 1 aliphatic rings. The number of nitrogens with zero attached hydrogens (tertiary/aromatic N) is 1. The van der Waals surface area contributed by atoms with Gasteiger partial charge in [-0.3, -0.25) is 4.79 Å². The van der Waals surface area contributed by atoms with Crippen molar-refractivity contribution in [2.24, 2.45) is 0 Å². The Balaban J connectivity index is 2.20. The molecule has 0 aromatic heterocycles. The third kappa shape index (κ3) is 2.85. The van der Waals surface area contributed by atoms with Gasteiger partial charge >= 0.3 is 0 Å². The number of aldehydes is 1. The first kappa shape index (κ1) is 13.4. The number of rotatable bonds is 5. The Bertz CT molecular complexity index is 416. The van der Waals surface area contributed by atoms with Crippen molar-refractivity contribution in [1.29, 1.82) is 0 Å². The molecule has 1 unspecified atom stereocenters. The van der Waals surface area contributed by atoms with E-state index in [1.54, 1.807) is 6.07 Å². The van der Waals surface area contributed by atoms with Gasteiger partial charge in [-0.05, 0) is 31.9 Å². The summed E-state index contributed by atoms with van der Waals surface area (Å²) in [5.74, 6) is 0. The lowest BCUT2D eigenvalue weighted by atomic mass is 10.1. The Morgan fingerprint density at radius 1 is 1.56 bits per heavy atom. The van der Waals surface area contributed by atoms with Gasteiger partial charge < -0.3 is 9.64 Å². The Morgan fingerprint density at radius 2 is 2.39 bits per heavy atom. The van der Waals surface area contributed by atoms with E-state index in [4.69, 9.17) is 16.3 Å². The molecule has 1 aliphatic heterocycles. The number of hydrogen-bond acceptors (Lipinski definition) is 3. The van der Waals surface area contributed by atoms with Crippen LogP contribution in [0.2, 0.25) is 5.02 Å². The average molecular weight is 268 g/mol. The highest BCUT2D eigenvalue weighted by Gasteiger charge is 2.20. The molecule has 0 aliphatic carbocycles. The van der Waals surface area contributed by atoms with Gasteiger partial charge in [-0.15, -0.1) is 0 Å². The summed E-state index contributed by atoms with van der Waals surface area (Å²) < 4.78 is 5.65. The van der Waals surface area contributed by atoms with Crippen molar-refractivity contribution in [2.75, 3.05) is 24.6 Å². The van der Waals surface area contributed by atoms with E-state index >= 15 is 0 Å². The van der Waals surface area contributed by atoms with Crippen LogP contribution in [0.1, 0.15) is 30.1 Å². The Hall–Kier alpha value is -1.06. The largest absolute Gasteiger partial charge is 0.376 e. The fourth-order valence-corrected chi connectivity index (χ4v) is 2.56. The van der Waals surface area contributed by atoms with Crippen LogP contribution in [0.15, 0.2) is 18.2 Å². The van der Waals surface area contributed by atoms with Gasteiger partial charge in [0.1, 0.15) is 0 Å². The van der Waals surface area contributed by atoms with E-state index in [0.717, 1.165) is 44.5 Å². The topological polar surface area (TPSA) is 29.5 Å². The van der Waals surface area contributed by atoms with Crippen LogP contribution in [-0.4, -0.2) is 32.1 Å². The van der Waals surface area contributed by atoms with Crippen LogP contribution in [0.3, 0.4) is 0 Å². The molecular weight excluding hydrogens is 250 g/mol. The van der Waals surface area contributed by atoms with Crippen LogP contribution >= 0.6 is 11.6 Å². The number of hydrogen-bond donors (Lipinski definition) is 0. The second kappa shape index (κ2) is 6.21. The standard InChI is InChI=1S/C14H18ClNO2/c1-2-16(9-11-5-4-8-18-11)14-7-3-6-13(15)12(14)10-17/h3,6-7,10-11H,2,4-5,8-9H2,1H3. The molecule has 1 fully saturated rings. The van der Waals surface area contributed by atoms with Gasteiger partial charge in [0.25, 0.3) is 0 Å². The summed E-state index contributed by atoms with van der Waals surface area (Å²) >= 11 is 6.06. The summed E-state index contributed by atoms with van der Waals surface area (Å²) in [6.07, 6.45) is 3.31. The summed E-state index contributed by atoms with van der Waals surface area (Å²) in [6, 6.07) is 5.56. The first-order valence-corrected chi connectivity index (χ1v) is 6.74. The van der Waals surface area contributed by atoms with Crippen molar-refractivity contribution in [3.8, 4) is 0 Å². The van der Waals surface area contributed by atoms with Gasteiger partial charge in [-0.25, -0.2) is 0 Å². The molecule has 3 nitrogen and oxygen atoms in total. The van der Waals surface area contributed by atoms with Crippen molar-refractivity contribution in [3.63, 3.8) is 0 Å². The third-order valence-electron chi connectivity index (χ3n) is 3.32. The Morgan fingerprint density at radius 3 is 3.00 bits per heavy atom. The number of halogens is 1. The highest BCUT2D eigenvalue weighted by atomic mass is 35.5. The van der Waals surface area contributed by atoms with E-state index in [1.807, 2.05) is 12.1 Å². The molecular formula is C14H18ClNO2. The predicted octanol–water partition coefficient (Wildman–Crippen LogP) is 3.16. The normalized spacial score (nSPS) is 18.9. The highest BCUT2D eigenvalue weighted by Crippen LogP contribution is 2.27. The van der Waals surface area contributed by atoms with Crippen LogP contribution in [-0.2, 0) is 4.74 Å². The molecule has 1 heterocycles. The minimum atomic E-state index is 0.267. The first-order valence-electron chi connectivity index (χ1n) is 6.36. The fourth-order valence-electron chi connectivity index (χ4n) is 2.35. The number of benzene rings is 1. The molecule has 0 N–H and O–H groups in total. The quantitative estimate of drug-likeness (QED) is 0.768. The van der Waals surface area contributed by atoms with E-state index in [0.29, 0.717) is 10.6 Å². The predicted molar refractivity (Wildman–Crippen MR) is 73.7 cm³/mol. The SMILES string of the molecule is CCN(CC1CCCO1)c1cccc(Cl)c1C=O. The van der Waals surface area contributed by atoms with Crippen LogP contribution in [0.25, 0.3) is 0 Å². The van der Waals surface area contributed by atoms with Gasteiger partial charge in [-0.2, -0.15) is 0 Å². The molecule has 1 aromatic carbocycles. The van der Waals surface area contributed by atoms with Crippen LogP contribution in [0, 0.1) is 0 Å². The lowest BCUT2D eigenvalue weighted by molar-refractivity contribution is 0.111. The zero-order chi connectivity index (χ0) is 13.0. The lowest BCUT2D eigenvalue weighted by Crippen LogP contribution is -2.32. The molecule has 0 radical (unpaired) electrons. The summed E-state index contributed by atoms with van der Waals surface area (Å²) in [6.45, 7) is 4.57. The second-order valence-electron chi connectivity index (χ2n) is 4.46. The average Bonchev–Trinajstić information content (AvgIpc) is 2.88. The monoisotopic (exact) mass is 267 g/mol. The zero-order valence-corrected chi connectivity index (χ0v) is 11.3. The molecule has 0 bridgehead atoms. The van der Waals surface area contributed by atoms with Crippen molar-refractivity contribution in [2.45, 2.75) is 25.9 Å². The fraction of sp³-hybridized carbons (Fsp3) is 0.500. The molecule has 2 rings (SSSR count).